The zero-order valence-electron chi connectivity index (χ0n) is 22.3. The predicted molar refractivity (Wildman–Crippen MR) is 161 cm³/mol. The van der Waals surface area contributed by atoms with Gasteiger partial charge in [0.25, 0.3) is 5.91 Å². The topological polar surface area (TPSA) is 93.0 Å². The maximum absolute atomic E-state index is 13.0. The Kier molecular flexibility index (Phi) is 8.88. The Bertz CT molecular complexity index is 1630. The smallest absolute Gasteiger partial charge is 0.263 e. The SMILES string of the molecule is Cc1cc(/C=N\NC(=O)[C@@H](C)N(c2ccc(Oc3ccccc3)cc2)S(C)(=O)=O)c(C)n1-c1cc(Cl)cc(Cl)c1. The highest BCUT2D eigenvalue weighted by Gasteiger charge is 2.29. The number of benzene rings is 3. The zero-order valence-corrected chi connectivity index (χ0v) is 24.6. The average Bonchev–Trinajstić information content (AvgIpc) is 3.17. The first-order chi connectivity index (χ1) is 18.9. The largest absolute Gasteiger partial charge is 0.457 e. The number of para-hydroxylation sites is 1. The number of nitrogens with one attached hydrogen (secondary N) is 1. The normalized spacial score (nSPS) is 12.3. The van der Waals surface area contributed by atoms with Crippen LogP contribution < -0.4 is 14.5 Å². The van der Waals surface area contributed by atoms with Crippen molar-refractivity contribution < 1.29 is 17.9 Å². The molecular formula is C29H28Cl2N4O4S. The summed E-state index contributed by atoms with van der Waals surface area (Å²) in [7, 11) is -3.80. The van der Waals surface area contributed by atoms with Gasteiger partial charge in [0, 0.05) is 32.7 Å². The van der Waals surface area contributed by atoms with Crippen LogP contribution in [0.1, 0.15) is 23.9 Å². The highest BCUT2D eigenvalue weighted by Crippen LogP contribution is 2.28. The molecule has 0 saturated carbocycles. The van der Waals surface area contributed by atoms with Gasteiger partial charge in [-0.3, -0.25) is 9.10 Å². The van der Waals surface area contributed by atoms with Gasteiger partial charge in [-0.05, 0) is 81.4 Å². The number of sulfonamides is 1. The molecule has 208 valence electrons. The summed E-state index contributed by atoms with van der Waals surface area (Å²) >= 11 is 12.4. The number of amides is 1. The molecule has 4 aromatic rings. The van der Waals surface area contributed by atoms with Crippen molar-refractivity contribution in [3.8, 4) is 17.2 Å². The molecule has 4 rings (SSSR count). The summed E-state index contributed by atoms with van der Waals surface area (Å²) in [5.41, 5.74) is 6.11. The fourth-order valence-electron chi connectivity index (χ4n) is 4.34. The molecule has 0 aliphatic heterocycles. The van der Waals surface area contributed by atoms with Crippen molar-refractivity contribution in [1.82, 2.24) is 9.99 Å². The predicted octanol–water partition coefficient (Wildman–Crippen LogP) is 6.50. The monoisotopic (exact) mass is 598 g/mol. The second kappa shape index (κ2) is 12.2. The lowest BCUT2D eigenvalue weighted by Crippen LogP contribution is -2.46. The molecule has 0 spiro atoms. The van der Waals surface area contributed by atoms with E-state index < -0.39 is 22.0 Å². The molecule has 1 atom stereocenters. The Labute approximate surface area is 243 Å². The molecule has 40 heavy (non-hydrogen) atoms. The number of halogens is 2. The molecule has 0 fully saturated rings. The van der Waals surface area contributed by atoms with Crippen molar-refractivity contribution in [3.05, 3.63) is 106 Å². The third kappa shape index (κ3) is 6.85. The number of aryl methyl sites for hydroxylation is 1. The maximum atomic E-state index is 13.0. The molecular weight excluding hydrogens is 571 g/mol. The molecule has 0 aliphatic rings. The summed E-state index contributed by atoms with van der Waals surface area (Å²) in [5.74, 6) is 0.586. The van der Waals surface area contributed by atoms with E-state index in [1.807, 2.05) is 54.8 Å². The van der Waals surface area contributed by atoms with E-state index in [1.165, 1.54) is 13.1 Å². The van der Waals surface area contributed by atoms with E-state index >= 15 is 0 Å². The molecule has 0 radical (unpaired) electrons. The van der Waals surface area contributed by atoms with Gasteiger partial charge in [-0.15, -0.1) is 0 Å². The lowest BCUT2D eigenvalue weighted by molar-refractivity contribution is -0.121. The lowest BCUT2D eigenvalue weighted by Gasteiger charge is -2.27. The second-order valence-electron chi connectivity index (χ2n) is 9.17. The number of carbonyl (C=O) groups excluding carboxylic acids is 1. The van der Waals surface area contributed by atoms with E-state index in [0.29, 0.717) is 27.2 Å². The number of rotatable bonds is 9. The number of hydrogen-bond donors (Lipinski definition) is 1. The Morgan fingerprint density at radius 1 is 0.975 bits per heavy atom. The van der Waals surface area contributed by atoms with Crippen LogP contribution in [0.5, 0.6) is 11.5 Å². The molecule has 0 saturated heterocycles. The molecule has 1 aromatic heterocycles. The number of anilines is 1. The molecule has 0 unspecified atom stereocenters. The van der Waals surface area contributed by atoms with Gasteiger partial charge in [0.05, 0.1) is 18.2 Å². The van der Waals surface area contributed by atoms with E-state index in [-0.39, 0.29) is 0 Å². The first kappa shape index (κ1) is 29.2. The fraction of sp³-hybridized carbons (Fsp3) is 0.172. The third-order valence-electron chi connectivity index (χ3n) is 6.11. The van der Waals surface area contributed by atoms with Gasteiger partial charge >= 0.3 is 0 Å². The third-order valence-corrected chi connectivity index (χ3v) is 7.79. The van der Waals surface area contributed by atoms with Gasteiger partial charge in [0.1, 0.15) is 17.5 Å². The molecule has 11 heteroatoms. The van der Waals surface area contributed by atoms with Gasteiger partial charge < -0.3 is 9.30 Å². The molecule has 1 N–H and O–H groups in total. The number of aromatic nitrogens is 1. The minimum absolute atomic E-state index is 0.318. The van der Waals surface area contributed by atoms with Gasteiger partial charge in [-0.25, -0.2) is 13.8 Å². The van der Waals surface area contributed by atoms with Crippen LogP contribution in [0.15, 0.2) is 84.0 Å². The van der Waals surface area contributed by atoms with Crippen LogP contribution in [0.2, 0.25) is 10.0 Å². The van der Waals surface area contributed by atoms with Gasteiger partial charge in [0.15, 0.2) is 0 Å². The molecule has 3 aromatic carbocycles. The molecule has 1 amide bonds. The van der Waals surface area contributed by atoms with Crippen LogP contribution >= 0.6 is 23.2 Å². The van der Waals surface area contributed by atoms with Gasteiger partial charge in [0.2, 0.25) is 10.0 Å². The lowest BCUT2D eigenvalue weighted by atomic mass is 10.2. The quantitative estimate of drug-likeness (QED) is 0.176. The summed E-state index contributed by atoms with van der Waals surface area (Å²) < 4.78 is 34.1. The van der Waals surface area contributed by atoms with Crippen molar-refractivity contribution >= 4 is 51.0 Å². The van der Waals surface area contributed by atoms with Crippen LogP contribution in [-0.4, -0.2) is 37.4 Å². The first-order valence-electron chi connectivity index (χ1n) is 12.2. The molecule has 8 nitrogen and oxygen atoms in total. The summed E-state index contributed by atoms with van der Waals surface area (Å²) in [6.45, 7) is 5.33. The second-order valence-corrected chi connectivity index (χ2v) is 11.9. The Morgan fingerprint density at radius 3 is 2.17 bits per heavy atom. The van der Waals surface area contributed by atoms with Gasteiger partial charge in [-0.2, -0.15) is 5.10 Å². The summed E-state index contributed by atoms with van der Waals surface area (Å²) in [4.78, 5) is 13.0. The zero-order chi connectivity index (χ0) is 29.0. The number of hydrogen-bond acceptors (Lipinski definition) is 5. The standard InChI is InChI=1S/C29H28Cl2N4O4S/c1-19-14-22(20(2)34(19)26-16-23(30)15-24(31)17-26)18-32-33-29(36)21(3)35(40(4,37)38)25-10-12-28(13-11-25)39-27-8-6-5-7-9-27/h5-18,21H,1-4H3,(H,33,36)/b32-18-/t21-/m1/s1. The Hall–Kier alpha value is -3.79. The Morgan fingerprint density at radius 2 is 1.57 bits per heavy atom. The van der Waals surface area contributed by atoms with Crippen molar-refractivity contribution in [1.29, 1.82) is 0 Å². The van der Waals surface area contributed by atoms with Crippen LogP contribution in [0.25, 0.3) is 5.69 Å². The molecule has 0 aliphatic carbocycles. The van der Waals surface area contributed by atoms with Crippen LogP contribution in [0.4, 0.5) is 5.69 Å². The molecule has 0 bridgehead atoms. The maximum Gasteiger partial charge on any atom is 0.263 e. The first-order valence-corrected chi connectivity index (χ1v) is 14.8. The fourth-order valence-corrected chi connectivity index (χ4v) is 6.03. The van der Waals surface area contributed by atoms with Crippen molar-refractivity contribution in [2.45, 2.75) is 26.8 Å². The minimum atomic E-state index is -3.80. The van der Waals surface area contributed by atoms with E-state index in [0.717, 1.165) is 33.2 Å². The number of carbonyl (C=O) groups is 1. The number of ether oxygens (including phenoxy) is 1. The summed E-state index contributed by atoms with van der Waals surface area (Å²) in [6, 6.07) is 21.8. The van der Waals surface area contributed by atoms with E-state index in [1.54, 1.807) is 42.5 Å². The van der Waals surface area contributed by atoms with Gasteiger partial charge in [-0.1, -0.05) is 41.4 Å². The molecule has 1 heterocycles. The highest BCUT2D eigenvalue weighted by atomic mass is 35.5. The van der Waals surface area contributed by atoms with Crippen LogP contribution in [0, 0.1) is 13.8 Å². The summed E-state index contributed by atoms with van der Waals surface area (Å²) in [5, 5.41) is 5.12. The van der Waals surface area contributed by atoms with Crippen LogP contribution in [0.3, 0.4) is 0 Å². The summed E-state index contributed by atoms with van der Waals surface area (Å²) in [6.07, 6.45) is 2.56. The van der Waals surface area contributed by atoms with Crippen LogP contribution in [-0.2, 0) is 14.8 Å². The highest BCUT2D eigenvalue weighted by molar-refractivity contribution is 7.92. The van der Waals surface area contributed by atoms with Crippen molar-refractivity contribution in [3.63, 3.8) is 0 Å². The van der Waals surface area contributed by atoms with E-state index in [4.69, 9.17) is 27.9 Å². The number of hydrazone groups is 1. The Balaban J connectivity index is 1.49. The minimum Gasteiger partial charge on any atom is -0.457 e. The number of nitrogens with zero attached hydrogens (tertiary/aromatic N) is 3. The van der Waals surface area contributed by atoms with E-state index in [2.05, 4.69) is 10.5 Å². The van der Waals surface area contributed by atoms with E-state index in [9.17, 15) is 13.2 Å². The van der Waals surface area contributed by atoms with Crippen molar-refractivity contribution in [2.24, 2.45) is 5.10 Å². The van der Waals surface area contributed by atoms with Crippen molar-refractivity contribution in [2.75, 3.05) is 10.6 Å². The average molecular weight is 600 g/mol.